The van der Waals surface area contributed by atoms with Gasteiger partial charge in [-0.1, -0.05) is 43.7 Å². The number of carbonyl (C=O) groups excluding carboxylic acids is 2. The molecule has 1 atom stereocenters. The van der Waals surface area contributed by atoms with Crippen LogP contribution >= 0.6 is 0 Å². The molecule has 0 spiro atoms. The molecule has 92 valence electrons. The monoisotopic (exact) mass is 236 g/mol. The summed E-state index contributed by atoms with van der Waals surface area (Å²) in [5.74, 6) is -0.497. The smallest absolute Gasteiger partial charge is 0.347 e. The predicted molar refractivity (Wildman–Crippen MR) is 62.1 cm³/mol. The summed E-state index contributed by atoms with van der Waals surface area (Å²) in [6, 6.07) is 9.36. The zero-order chi connectivity index (χ0) is 12.5. The highest BCUT2D eigenvalue weighted by Gasteiger charge is 2.20. The van der Waals surface area contributed by atoms with E-state index < -0.39 is 12.1 Å². The molecule has 17 heavy (non-hydrogen) atoms. The maximum Gasteiger partial charge on any atom is 0.347 e. The molecule has 1 aromatic carbocycles. The molecular formula is C13H16O4. The average Bonchev–Trinajstić information content (AvgIpc) is 2.37. The van der Waals surface area contributed by atoms with Crippen molar-refractivity contribution in [1.29, 1.82) is 0 Å². The quantitative estimate of drug-likeness (QED) is 0.537. The van der Waals surface area contributed by atoms with Crippen molar-refractivity contribution in [3.8, 4) is 0 Å². The Hall–Kier alpha value is -1.84. The van der Waals surface area contributed by atoms with Crippen molar-refractivity contribution < 1.29 is 19.1 Å². The zero-order valence-electron chi connectivity index (χ0n) is 9.80. The van der Waals surface area contributed by atoms with Gasteiger partial charge < -0.3 is 9.47 Å². The van der Waals surface area contributed by atoms with Gasteiger partial charge in [-0.05, 0) is 12.0 Å². The van der Waals surface area contributed by atoms with Crippen LogP contribution in [0.1, 0.15) is 25.3 Å². The Morgan fingerprint density at radius 2 is 2.06 bits per heavy atom. The molecule has 4 heteroatoms. The van der Waals surface area contributed by atoms with Crippen molar-refractivity contribution in [3.63, 3.8) is 0 Å². The summed E-state index contributed by atoms with van der Waals surface area (Å²) in [5, 5.41) is 0. The van der Waals surface area contributed by atoms with Crippen molar-refractivity contribution >= 4 is 12.4 Å². The topological polar surface area (TPSA) is 52.6 Å². The normalized spacial score (nSPS) is 11.6. The Labute approximate surface area is 101 Å². The highest BCUT2D eigenvalue weighted by Crippen LogP contribution is 2.07. The molecule has 0 bridgehead atoms. The average molecular weight is 236 g/mol. The first-order chi connectivity index (χ1) is 8.27. The minimum atomic E-state index is -0.791. The van der Waals surface area contributed by atoms with Crippen molar-refractivity contribution in [1.82, 2.24) is 0 Å². The van der Waals surface area contributed by atoms with Gasteiger partial charge in [0.15, 0.2) is 6.10 Å². The van der Waals surface area contributed by atoms with Gasteiger partial charge in [-0.15, -0.1) is 0 Å². The third-order valence-corrected chi connectivity index (χ3v) is 2.26. The highest BCUT2D eigenvalue weighted by molar-refractivity contribution is 5.75. The van der Waals surface area contributed by atoms with E-state index >= 15 is 0 Å². The van der Waals surface area contributed by atoms with Crippen molar-refractivity contribution in [2.75, 3.05) is 0 Å². The van der Waals surface area contributed by atoms with Crippen molar-refractivity contribution in [3.05, 3.63) is 35.9 Å². The zero-order valence-corrected chi connectivity index (χ0v) is 9.80. The Balaban J connectivity index is 2.44. The molecule has 0 saturated heterocycles. The second kappa shape index (κ2) is 7.44. The van der Waals surface area contributed by atoms with E-state index in [0.29, 0.717) is 6.42 Å². The van der Waals surface area contributed by atoms with Gasteiger partial charge >= 0.3 is 5.97 Å². The summed E-state index contributed by atoms with van der Waals surface area (Å²) in [4.78, 5) is 21.8. The van der Waals surface area contributed by atoms with Gasteiger partial charge in [0.25, 0.3) is 6.47 Å². The third kappa shape index (κ3) is 4.68. The molecule has 4 nitrogen and oxygen atoms in total. The maximum absolute atomic E-state index is 11.6. The SMILES string of the molecule is CCCC(OC=O)C(=O)OCc1ccccc1. The van der Waals surface area contributed by atoms with E-state index in [4.69, 9.17) is 4.74 Å². The van der Waals surface area contributed by atoms with Crippen LogP contribution in [0.2, 0.25) is 0 Å². The minimum Gasteiger partial charge on any atom is -0.458 e. The van der Waals surface area contributed by atoms with Crippen LogP contribution in [0.3, 0.4) is 0 Å². The fraction of sp³-hybridized carbons (Fsp3) is 0.385. The van der Waals surface area contributed by atoms with Gasteiger partial charge in [-0.3, -0.25) is 4.79 Å². The Morgan fingerprint density at radius 3 is 2.65 bits per heavy atom. The van der Waals surface area contributed by atoms with E-state index in [-0.39, 0.29) is 13.1 Å². The standard InChI is InChI=1S/C13H16O4/c1-2-6-12(17-10-14)13(15)16-9-11-7-4-3-5-8-11/h3-5,7-8,10,12H,2,6,9H2,1H3. The summed E-state index contributed by atoms with van der Waals surface area (Å²) in [5.41, 5.74) is 0.905. The lowest BCUT2D eigenvalue weighted by Crippen LogP contribution is -2.26. The van der Waals surface area contributed by atoms with Gasteiger partial charge in [0.05, 0.1) is 0 Å². The second-order valence-electron chi connectivity index (χ2n) is 3.60. The van der Waals surface area contributed by atoms with Gasteiger partial charge in [0.2, 0.25) is 0 Å². The highest BCUT2D eigenvalue weighted by atomic mass is 16.6. The van der Waals surface area contributed by atoms with E-state index in [0.717, 1.165) is 12.0 Å². The van der Waals surface area contributed by atoms with Crippen LogP contribution in [-0.2, 0) is 25.7 Å². The van der Waals surface area contributed by atoms with Crippen LogP contribution < -0.4 is 0 Å². The lowest BCUT2D eigenvalue weighted by molar-refractivity contribution is -0.163. The summed E-state index contributed by atoms with van der Waals surface area (Å²) >= 11 is 0. The van der Waals surface area contributed by atoms with E-state index in [9.17, 15) is 9.59 Å². The minimum absolute atomic E-state index is 0.197. The molecular weight excluding hydrogens is 220 g/mol. The van der Waals surface area contributed by atoms with Gasteiger partial charge in [-0.25, -0.2) is 4.79 Å². The number of benzene rings is 1. The molecule has 0 fully saturated rings. The first-order valence-corrected chi connectivity index (χ1v) is 5.57. The summed E-state index contributed by atoms with van der Waals surface area (Å²) < 4.78 is 9.75. The molecule has 1 unspecified atom stereocenters. The lowest BCUT2D eigenvalue weighted by Gasteiger charge is -2.13. The first-order valence-electron chi connectivity index (χ1n) is 5.57. The number of hydrogen-bond donors (Lipinski definition) is 0. The van der Waals surface area contributed by atoms with Crippen molar-refractivity contribution in [2.45, 2.75) is 32.5 Å². The summed E-state index contributed by atoms with van der Waals surface area (Å²) in [6.45, 7) is 2.39. The molecule has 0 aliphatic rings. The molecule has 0 heterocycles. The van der Waals surface area contributed by atoms with E-state index in [1.165, 1.54) is 0 Å². The lowest BCUT2D eigenvalue weighted by atomic mass is 10.2. The van der Waals surface area contributed by atoms with E-state index in [2.05, 4.69) is 4.74 Å². The van der Waals surface area contributed by atoms with Crippen molar-refractivity contribution in [2.24, 2.45) is 0 Å². The fourth-order valence-corrected chi connectivity index (χ4v) is 1.39. The first kappa shape index (κ1) is 13.2. The number of esters is 1. The van der Waals surface area contributed by atoms with Crippen LogP contribution in [0.5, 0.6) is 0 Å². The van der Waals surface area contributed by atoms with Crippen LogP contribution in [-0.4, -0.2) is 18.5 Å². The Bertz CT molecular complexity index is 348. The molecule has 0 radical (unpaired) electrons. The molecule has 0 aromatic heterocycles. The molecule has 0 aliphatic heterocycles. The number of hydrogen-bond acceptors (Lipinski definition) is 4. The van der Waals surface area contributed by atoms with Gasteiger partial charge in [0, 0.05) is 0 Å². The van der Waals surface area contributed by atoms with E-state index in [1.807, 2.05) is 37.3 Å². The third-order valence-electron chi connectivity index (χ3n) is 2.26. The molecule has 0 saturated carbocycles. The maximum atomic E-state index is 11.6. The van der Waals surface area contributed by atoms with Gasteiger partial charge in [0.1, 0.15) is 6.61 Å². The van der Waals surface area contributed by atoms with E-state index in [1.54, 1.807) is 0 Å². The largest absolute Gasteiger partial charge is 0.458 e. The number of ether oxygens (including phenoxy) is 2. The molecule has 1 rings (SSSR count). The Morgan fingerprint density at radius 1 is 1.35 bits per heavy atom. The molecule has 0 N–H and O–H groups in total. The van der Waals surface area contributed by atoms with Crippen LogP contribution in [0, 0.1) is 0 Å². The summed E-state index contributed by atoms with van der Waals surface area (Å²) in [6.07, 6.45) is 0.437. The molecule has 0 amide bonds. The summed E-state index contributed by atoms with van der Waals surface area (Å²) in [7, 11) is 0. The van der Waals surface area contributed by atoms with Gasteiger partial charge in [-0.2, -0.15) is 0 Å². The molecule has 0 aliphatic carbocycles. The number of rotatable bonds is 7. The fourth-order valence-electron chi connectivity index (χ4n) is 1.39. The van der Waals surface area contributed by atoms with Crippen LogP contribution in [0.25, 0.3) is 0 Å². The predicted octanol–water partition coefficient (Wildman–Crippen LogP) is 2.07. The molecule has 1 aromatic rings. The van der Waals surface area contributed by atoms with Crippen LogP contribution in [0.15, 0.2) is 30.3 Å². The second-order valence-corrected chi connectivity index (χ2v) is 3.60. The van der Waals surface area contributed by atoms with Crippen LogP contribution in [0.4, 0.5) is 0 Å². The number of carbonyl (C=O) groups is 2. The Kier molecular flexibility index (Phi) is 5.79.